The normalized spacial score (nSPS) is 10.7. The zero-order valence-corrected chi connectivity index (χ0v) is 18.3. The molecule has 0 spiro atoms. The highest BCUT2D eigenvalue weighted by Crippen LogP contribution is 2.29. The third-order valence-corrected chi connectivity index (χ3v) is 5.34. The molecule has 0 atom stereocenters. The molecule has 0 fully saturated rings. The van der Waals surface area contributed by atoms with Crippen LogP contribution >= 0.6 is 0 Å². The van der Waals surface area contributed by atoms with Crippen molar-refractivity contribution in [2.45, 2.75) is 20.8 Å². The number of rotatable bonds is 6. The van der Waals surface area contributed by atoms with Crippen LogP contribution < -0.4 is 9.47 Å². The van der Waals surface area contributed by atoms with Gasteiger partial charge in [-0.1, -0.05) is 53.6 Å². The summed E-state index contributed by atoms with van der Waals surface area (Å²) in [5.41, 5.74) is 4.17. The lowest BCUT2D eigenvalue weighted by Gasteiger charge is -2.11. The summed E-state index contributed by atoms with van der Waals surface area (Å²) in [5.74, 6) is 0.676. The Balaban J connectivity index is 1.47. The zero-order chi connectivity index (χ0) is 22.7. The number of hydrogen-bond donors (Lipinski definition) is 0. The van der Waals surface area contributed by atoms with Gasteiger partial charge in [-0.15, -0.1) is 0 Å². The fourth-order valence-corrected chi connectivity index (χ4v) is 3.39. The SMILES string of the molecule is Cc1ccc(C(=O)COc2ccc3cc(OC(=O)c4ccc(C)cc4)c(C)cc3c2)cc1. The van der Waals surface area contributed by atoms with Gasteiger partial charge in [0.2, 0.25) is 0 Å². The quantitative estimate of drug-likeness (QED) is 0.209. The molecule has 0 N–H and O–H groups in total. The number of esters is 1. The van der Waals surface area contributed by atoms with Crippen molar-refractivity contribution in [2.24, 2.45) is 0 Å². The average Bonchev–Trinajstić information content (AvgIpc) is 2.79. The first-order valence-electron chi connectivity index (χ1n) is 10.4. The van der Waals surface area contributed by atoms with Crippen molar-refractivity contribution in [3.05, 3.63) is 107 Å². The molecule has 4 aromatic carbocycles. The molecular formula is C28H24O4. The van der Waals surface area contributed by atoms with Crippen LogP contribution in [-0.4, -0.2) is 18.4 Å². The highest BCUT2D eigenvalue weighted by Gasteiger charge is 2.12. The Morgan fingerprint density at radius 3 is 1.97 bits per heavy atom. The van der Waals surface area contributed by atoms with E-state index in [4.69, 9.17) is 9.47 Å². The number of carbonyl (C=O) groups excluding carboxylic acids is 2. The molecule has 0 radical (unpaired) electrons. The smallest absolute Gasteiger partial charge is 0.343 e. The molecular weight excluding hydrogens is 400 g/mol. The van der Waals surface area contributed by atoms with Crippen molar-refractivity contribution in [1.82, 2.24) is 0 Å². The maximum Gasteiger partial charge on any atom is 0.343 e. The van der Waals surface area contributed by atoms with Gasteiger partial charge in [-0.3, -0.25) is 4.79 Å². The number of Topliss-reactive ketones (excluding diaryl/α,β-unsaturated/α-hetero) is 1. The van der Waals surface area contributed by atoms with Gasteiger partial charge in [0.25, 0.3) is 0 Å². The fraction of sp³-hybridized carbons (Fsp3) is 0.143. The maximum atomic E-state index is 12.5. The fourth-order valence-electron chi connectivity index (χ4n) is 3.39. The number of hydrogen-bond acceptors (Lipinski definition) is 4. The van der Waals surface area contributed by atoms with Crippen LogP contribution in [0.15, 0.2) is 78.9 Å². The standard InChI is InChI=1S/C28H24O4/c1-18-4-8-21(9-5-18)26(29)17-31-25-13-12-23-16-27(20(3)14-24(23)15-25)32-28(30)22-10-6-19(2)7-11-22/h4-16H,17H2,1-3H3. The Bertz CT molecular complexity index is 1290. The number of benzene rings is 4. The second kappa shape index (κ2) is 9.06. The molecule has 4 rings (SSSR count). The summed E-state index contributed by atoms with van der Waals surface area (Å²) in [4.78, 5) is 24.8. The molecule has 32 heavy (non-hydrogen) atoms. The number of fused-ring (bicyclic) bond motifs is 1. The van der Waals surface area contributed by atoms with E-state index in [2.05, 4.69) is 0 Å². The predicted molar refractivity (Wildman–Crippen MR) is 126 cm³/mol. The van der Waals surface area contributed by atoms with Crippen molar-refractivity contribution in [1.29, 1.82) is 0 Å². The molecule has 0 aromatic heterocycles. The first-order valence-corrected chi connectivity index (χ1v) is 10.4. The highest BCUT2D eigenvalue weighted by molar-refractivity contribution is 5.97. The van der Waals surface area contributed by atoms with E-state index in [1.807, 2.05) is 87.5 Å². The van der Waals surface area contributed by atoms with E-state index >= 15 is 0 Å². The molecule has 0 amide bonds. The number of carbonyl (C=O) groups is 2. The molecule has 0 bridgehead atoms. The van der Waals surface area contributed by atoms with Crippen LogP contribution in [0.25, 0.3) is 10.8 Å². The zero-order valence-electron chi connectivity index (χ0n) is 18.3. The minimum atomic E-state index is -0.387. The molecule has 4 heteroatoms. The van der Waals surface area contributed by atoms with Crippen LogP contribution in [-0.2, 0) is 0 Å². The predicted octanol–water partition coefficient (Wildman–Crippen LogP) is 6.25. The Kier molecular flexibility index (Phi) is 6.04. The lowest BCUT2D eigenvalue weighted by atomic mass is 10.1. The van der Waals surface area contributed by atoms with Gasteiger partial charge in [-0.25, -0.2) is 4.79 Å². The first kappa shape index (κ1) is 21.3. The van der Waals surface area contributed by atoms with Crippen molar-refractivity contribution < 1.29 is 19.1 Å². The van der Waals surface area contributed by atoms with Gasteiger partial charge < -0.3 is 9.47 Å². The molecule has 0 aliphatic rings. The lowest BCUT2D eigenvalue weighted by Crippen LogP contribution is -2.11. The van der Waals surface area contributed by atoms with E-state index in [0.717, 1.165) is 27.5 Å². The van der Waals surface area contributed by atoms with Crippen molar-refractivity contribution in [2.75, 3.05) is 6.61 Å². The van der Waals surface area contributed by atoms with Gasteiger partial charge in [0, 0.05) is 5.56 Å². The van der Waals surface area contributed by atoms with Gasteiger partial charge >= 0.3 is 5.97 Å². The van der Waals surface area contributed by atoms with Crippen LogP contribution in [0.3, 0.4) is 0 Å². The molecule has 4 nitrogen and oxygen atoms in total. The average molecular weight is 424 g/mol. The molecule has 0 aliphatic heterocycles. The molecule has 0 unspecified atom stereocenters. The van der Waals surface area contributed by atoms with Gasteiger partial charge in [-0.05, 0) is 73.5 Å². The van der Waals surface area contributed by atoms with Crippen LogP contribution in [0.5, 0.6) is 11.5 Å². The van der Waals surface area contributed by atoms with Crippen molar-refractivity contribution >= 4 is 22.5 Å². The van der Waals surface area contributed by atoms with Crippen LogP contribution in [0, 0.1) is 20.8 Å². The Hall–Kier alpha value is -3.92. The monoisotopic (exact) mass is 424 g/mol. The van der Waals surface area contributed by atoms with E-state index in [1.165, 1.54) is 0 Å². The number of ketones is 1. The first-order chi connectivity index (χ1) is 15.4. The van der Waals surface area contributed by atoms with Crippen LogP contribution in [0.1, 0.15) is 37.4 Å². The van der Waals surface area contributed by atoms with Gasteiger partial charge in [0.05, 0.1) is 5.56 Å². The van der Waals surface area contributed by atoms with Crippen LogP contribution in [0.4, 0.5) is 0 Å². The minimum absolute atomic E-state index is 0.0280. The van der Waals surface area contributed by atoms with E-state index in [-0.39, 0.29) is 18.4 Å². The summed E-state index contributed by atoms with van der Waals surface area (Å²) in [6.45, 7) is 5.82. The van der Waals surface area contributed by atoms with E-state index in [9.17, 15) is 9.59 Å². The van der Waals surface area contributed by atoms with Crippen molar-refractivity contribution in [3.8, 4) is 11.5 Å². The van der Waals surface area contributed by atoms with E-state index in [1.54, 1.807) is 12.1 Å². The maximum absolute atomic E-state index is 12.5. The van der Waals surface area contributed by atoms with Gasteiger partial charge in [-0.2, -0.15) is 0 Å². The summed E-state index contributed by atoms with van der Waals surface area (Å²) < 4.78 is 11.4. The number of aryl methyl sites for hydroxylation is 3. The molecule has 0 aliphatic carbocycles. The molecule has 0 heterocycles. The van der Waals surface area contributed by atoms with E-state index in [0.29, 0.717) is 22.6 Å². The summed E-state index contributed by atoms with van der Waals surface area (Å²) in [6.07, 6.45) is 0. The third-order valence-electron chi connectivity index (χ3n) is 5.34. The summed E-state index contributed by atoms with van der Waals surface area (Å²) >= 11 is 0. The summed E-state index contributed by atoms with van der Waals surface area (Å²) in [7, 11) is 0. The Labute approximate surface area is 187 Å². The Morgan fingerprint density at radius 2 is 1.31 bits per heavy atom. The van der Waals surface area contributed by atoms with Crippen molar-refractivity contribution in [3.63, 3.8) is 0 Å². The lowest BCUT2D eigenvalue weighted by molar-refractivity contribution is 0.0733. The minimum Gasteiger partial charge on any atom is -0.485 e. The topological polar surface area (TPSA) is 52.6 Å². The van der Waals surface area contributed by atoms with Gasteiger partial charge in [0.15, 0.2) is 12.4 Å². The van der Waals surface area contributed by atoms with E-state index < -0.39 is 0 Å². The molecule has 0 saturated heterocycles. The number of ether oxygens (including phenoxy) is 2. The summed E-state index contributed by atoms with van der Waals surface area (Å²) in [6, 6.07) is 24.1. The molecule has 0 saturated carbocycles. The molecule has 4 aromatic rings. The summed E-state index contributed by atoms with van der Waals surface area (Å²) in [5, 5.41) is 1.86. The van der Waals surface area contributed by atoms with Gasteiger partial charge in [0.1, 0.15) is 11.5 Å². The second-order valence-electron chi connectivity index (χ2n) is 7.96. The Morgan fingerprint density at radius 1 is 0.688 bits per heavy atom. The highest BCUT2D eigenvalue weighted by atomic mass is 16.5. The van der Waals surface area contributed by atoms with Crippen LogP contribution in [0.2, 0.25) is 0 Å². The second-order valence-corrected chi connectivity index (χ2v) is 7.96. The third kappa shape index (κ3) is 4.86. The molecule has 160 valence electrons. The largest absolute Gasteiger partial charge is 0.485 e.